The van der Waals surface area contributed by atoms with E-state index < -0.39 is 0 Å². The molecule has 2 fully saturated rings. The van der Waals surface area contributed by atoms with Crippen LogP contribution in [0.4, 0.5) is 5.82 Å². The fourth-order valence-corrected chi connectivity index (χ4v) is 3.04. The summed E-state index contributed by atoms with van der Waals surface area (Å²) in [7, 11) is 0. The summed E-state index contributed by atoms with van der Waals surface area (Å²) < 4.78 is 13.4. The van der Waals surface area contributed by atoms with Gasteiger partial charge < -0.3 is 14.4 Å². The minimum Gasteiger partial charge on any atom is -0.378 e. The molecule has 4 heterocycles. The van der Waals surface area contributed by atoms with Crippen LogP contribution in [0.25, 0.3) is 11.2 Å². The van der Waals surface area contributed by atoms with Gasteiger partial charge in [0.05, 0.1) is 25.6 Å². The lowest BCUT2D eigenvalue weighted by Gasteiger charge is -2.27. The normalized spacial score (nSPS) is 26.6. The monoisotopic (exact) mass is 289 g/mol. The lowest BCUT2D eigenvalue weighted by molar-refractivity contribution is 0.0131. The first-order valence-electron chi connectivity index (χ1n) is 7.48. The molecule has 7 heteroatoms. The van der Waals surface area contributed by atoms with E-state index in [1.54, 1.807) is 6.33 Å². The fourth-order valence-electron chi connectivity index (χ4n) is 3.04. The Kier molecular flexibility index (Phi) is 3.23. The standard InChI is InChI=1S/C14H19N5O2/c1-10-2-3-11(21-10)19-9-17-12-13(15-8-16-14(12)19)18-4-6-20-7-5-18/h8-11H,2-7H2,1H3. The van der Waals surface area contributed by atoms with Crippen molar-refractivity contribution in [1.29, 1.82) is 0 Å². The quantitative estimate of drug-likeness (QED) is 0.831. The van der Waals surface area contributed by atoms with E-state index >= 15 is 0 Å². The molecule has 0 saturated carbocycles. The molecule has 2 unspecified atom stereocenters. The van der Waals surface area contributed by atoms with E-state index in [9.17, 15) is 0 Å². The van der Waals surface area contributed by atoms with Gasteiger partial charge in [0.2, 0.25) is 0 Å². The summed E-state index contributed by atoms with van der Waals surface area (Å²) in [5.74, 6) is 0.896. The van der Waals surface area contributed by atoms with Gasteiger partial charge in [0.1, 0.15) is 12.6 Å². The van der Waals surface area contributed by atoms with Crippen LogP contribution in [0.15, 0.2) is 12.7 Å². The van der Waals surface area contributed by atoms with E-state index in [-0.39, 0.29) is 6.23 Å². The van der Waals surface area contributed by atoms with E-state index in [0.29, 0.717) is 6.10 Å². The number of ether oxygens (including phenoxy) is 2. The van der Waals surface area contributed by atoms with Crippen molar-refractivity contribution in [2.24, 2.45) is 0 Å². The lowest BCUT2D eigenvalue weighted by atomic mass is 10.2. The molecular formula is C14H19N5O2. The van der Waals surface area contributed by atoms with Gasteiger partial charge in [0.15, 0.2) is 17.0 Å². The average Bonchev–Trinajstić information content (AvgIpc) is 3.13. The molecule has 0 spiro atoms. The molecule has 2 aliphatic rings. The van der Waals surface area contributed by atoms with Crippen molar-refractivity contribution in [3.63, 3.8) is 0 Å². The predicted octanol–water partition coefficient (Wildman–Crippen LogP) is 1.36. The van der Waals surface area contributed by atoms with Crippen LogP contribution in [-0.2, 0) is 9.47 Å². The molecule has 2 aliphatic heterocycles. The Hall–Kier alpha value is -1.73. The Bertz CT molecular complexity index is 637. The smallest absolute Gasteiger partial charge is 0.167 e. The third kappa shape index (κ3) is 2.26. The van der Waals surface area contributed by atoms with Crippen LogP contribution in [0.2, 0.25) is 0 Å². The van der Waals surface area contributed by atoms with Gasteiger partial charge in [-0.05, 0) is 19.8 Å². The Labute approximate surface area is 122 Å². The third-order valence-electron chi connectivity index (χ3n) is 4.17. The van der Waals surface area contributed by atoms with Gasteiger partial charge in [-0.15, -0.1) is 0 Å². The number of morpholine rings is 1. The van der Waals surface area contributed by atoms with Crippen molar-refractivity contribution < 1.29 is 9.47 Å². The second-order valence-electron chi connectivity index (χ2n) is 5.60. The first kappa shape index (κ1) is 13.0. The predicted molar refractivity (Wildman–Crippen MR) is 77.2 cm³/mol. The highest BCUT2D eigenvalue weighted by Gasteiger charge is 2.26. The first-order valence-corrected chi connectivity index (χ1v) is 7.48. The highest BCUT2D eigenvalue weighted by Crippen LogP contribution is 2.31. The highest BCUT2D eigenvalue weighted by molar-refractivity contribution is 5.83. The van der Waals surface area contributed by atoms with E-state index in [1.807, 2.05) is 10.9 Å². The number of fused-ring (bicyclic) bond motifs is 1. The van der Waals surface area contributed by atoms with Crippen LogP contribution < -0.4 is 4.90 Å². The fraction of sp³-hybridized carbons (Fsp3) is 0.643. The zero-order chi connectivity index (χ0) is 14.2. The minimum atomic E-state index is 0.0393. The molecule has 0 amide bonds. The number of hydrogen-bond acceptors (Lipinski definition) is 6. The van der Waals surface area contributed by atoms with Crippen LogP contribution in [0.5, 0.6) is 0 Å². The van der Waals surface area contributed by atoms with E-state index in [4.69, 9.17) is 9.47 Å². The number of nitrogens with zero attached hydrogens (tertiary/aromatic N) is 5. The van der Waals surface area contributed by atoms with E-state index in [0.717, 1.165) is 56.1 Å². The third-order valence-corrected chi connectivity index (χ3v) is 4.17. The van der Waals surface area contributed by atoms with Gasteiger partial charge in [-0.25, -0.2) is 15.0 Å². The van der Waals surface area contributed by atoms with Gasteiger partial charge in [0.25, 0.3) is 0 Å². The van der Waals surface area contributed by atoms with E-state index in [1.165, 1.54) is 0 Å². The lowest BCUT2D eigenvalue weighted by Crippen LogP contribution is -2.37. The van der Waals surface area contributed by atoms with Gasteiger partial charge in [-0.3, -0.25) is 4.57 Å². The van der Waals surface area contributed by atoms with Crippen LogP contribution in [0, 0.1) is 0 Å². The number of hydrogen-bond donors (Lipinski definition) is 0. The van der Waals surface area contributed by atoms with Crippen molar-refractivity contribution in [2.75, 3.05) is 31.2 Å². The molecule has 0 N–H and O–H groups in total. The molecule has 2 aromatic rings. The molecule has 0 radical (unpaired) electrons. The topological polar surface area (TPSA) is 65.3 Å². The maximum absolute atomic E-state index is 5.93. The van der Waals surface area contributed by atoms with Crippen molar-refractivity contribution >= 4 is 17.0 Å². The summed E-state index contributed by atoms with van der Waals surface area (Å²) in [6.07, 6.45) is 5.86. The van der Waals surface area contributed by atoms with Gasteiger partial charge in [-0.2, -0.15) is 0 Å². The number of rotatable bonds is 2. The Morgan fingerprint density at radius 2 is 2.00 bits per heavy atom. The summed E-state index contributed by atoms with van der Waals surface area (Å²) in [5.41, 5.74) is 1.70. The largest absolute Gasteiger partial charge is 0.378 e. The molecule has 2 saturated heterocycles. The summed E-state index contributed by atoms with van der Waals surface area (Å²) in [5, 5.41) is 0. The van der Waals surface area contributed by atoms with Crippen LogP contribution in [0.3, 0.4) is 0 Å². The Balaban J connectivity index is 1.72. The SMILES string of the molecule is CC1CCC(n2cnc3c(N4CCOCC4)ncnc32)O1. The molecule has 2 aromatic heterocycles. The maximum atomic E-state index is 5.93. The zero-order valence-corrected chi connectivity index (χ0v) is 12.1. The zero-order valence-electron chi connectivity index (χ0n) is 12.1. The van der Waals surface area contributed by atoms with Crippen LogP contribution in [0.1, 0.15) is 26.0 Å². The number of anilines is 1. The molecule has 7 nitrogen and oxygen atoms in total. The number of aromatic nitrogens is 4. The summed E-state index contributed by atoms with van der Waals surface area (Å²) in [4.78, 5) is 15.6. The van der Waals surface area contributed by atoms with Crippen molar-refractivity contribution in [3.05, 3.63) is 12.7 Å². The van der Waals surface area contributed by atoms with Gasteiger partial charge >= 0.3 is 0 Å². The summed E-state index contributed by atoms with van der Waals surface area (Å²) in [6, 6.07) is 0. The summed E-state index contributed by atoms with van der Waals surface area (Å²) in [6.45, 7) is 5.25. The molecule has 0 aliphatic carbocycles. The molecule has 4 rings (SSSR count). The molecule has 21 heavy (non-hydrogen) atoms. The molecule has 0 bridgehead atoms. The van der Waals surface area contributed by atoms with Gasteiger partial charge in [0, 0.05) is 13.1 Å². The summed E-state index contributed by atoms with van der Waals surface area (Å²) >= 11 is 0. The maximum Gasteiger partial charge on any atom is 0.167 e. The van der Waals surface area contributed by atoms with Crippen molar-refractivity contribution in [1.82, 2.24) is 19.5 Å². The average molecular weight is 289 g/mol. The van der Waals surface area contributed by atoms with Crippen LogP contribution in [-0.4, -0.2) is 51.9 Å². The van der Waals surface area contributed by atoms with E-state index in [2.05, 4.69) is 26.8 Å². The number of imidazole rings is 1. The highest BCUT2D eigenvalue weighted by atomic mass is 16.5. The second-order valence-corrected chi connectivity index (χ2v) is 5.60. The van der Waals surface area contributed by atoms with Gasteiger partial charge in [-0.1, -0.05) is 0 Å². The van der Waals surface area contributed by atoms with Crippen LogP contribution >= 0.6 is 0 Å². The molecule has 112 valence electrons. The van der Waals surface area contributed by atoms with Crippen molar-refractivity contribution in [2.45, 2.75) is 32.1 Å². The molecular weight excluding hydrogens is 270 g/mol. The Morgan fingerprint density at radius 1 is 1.14 bits per heavy atom. The molecule has 0 aromatic carbocycles. The molecule has 2 atom stereocenters. The first-order chi connectivity index (χ1) is 10.3. The van der Waals surface area contributed by atoms with Crippen molar-refractivity contribution in [3.8, 4) is 0 Å². The minimum absolute atomic E-state index is 0.0393. The Morgan fingerprint density at radius 3 is 2.76 bits per heavy atom. The second kappa shape index (κ2) is 5.23.